The van der Waals surface area contributed by atoms with Crippen molar-refractivity contribution in [3.8, 4) is 16.9 Å². The van der Waals surface area contributed by atoms with Crippen molar-refractivity contribution in [2.75, 3.05) is 43.4 Å². The van der Waals surface area contributed by atoms with Gasteiger partial charge in [0.1, 0.15) is 11.9 Å². The highest BCUT2D eigenvalue weighted by Gasteiger charge is 2.24. The van der Waals surface area contributed by atoms with Crippen molar-refractivity contribution in [3.05, 3.63) is 160 Å². The minimum atomic E-state index is -0.733. The minimum Gasteiger partial charge on any atom is -0.506 e. The van der Waals surface area contributed by atoms with Crippen LogP contribution in [0.25, 0.3) is 22.0 Å². The first-order valence-electron chi connectivity index (χ1n) is 22.6. The summed E-state index contributed by atoms with van der Waals surface area (Å²) in [6.45, 7) is 4.76. The van der Waals surface area contributed by atoms with E-state index in [2.05, 4.69) is 45.6 Å². The van der Waals surface area contributed by atoms with E-state index >= 15 is 0 Å². The molecule has 1 aromatic heterocycles. The topological polar surface area (TPSA) is 164 Å². The largest absolute Gasteiger partial charge is 0.506 e. The van der Waals surface area contributed by atoms with Gasteiger partial charge in [-0.15, -0.1) is 0 Å². The van der Waals surface area contributed by atoms with E-state index in [1.165, 1.54) is 17.7 Å². The van der Waals surface area contributed by atoms with Crippen LogP contribution in [0.5, 0.6) is 5.75 Å². The highest BCUT2D eigenvalue weighted by atomic mass is 16.6. The second kappa shape index (κ2) is 22.2. The van der Waals surface area contributed by atoms with Gasteiger partial charge in [0.05, 0.1) is 23.7 Å². The van der Waals surface area contributed by atoms with Crippen LogP contribution in [0.1, 0.15) is 67.4 Å². The molecule has 1 aliphatic heterocycles. The molecule has 0 bridgehead atoms. The van der Waals surface area contributed by atoms with Gasteiger partial charge in [-0.05, 0) is 103 Å². The molecule has 0 radical (unpaired) electrons. The quantitative estimate of drug-likeness (QED) is 0.0574. The normalized spacial score (nSPS) is 14.1. The van der Waals surface area contributed by atoms with E-state index in [4.69, 9.17) is 4.74 Å². The summed E-state index contributed by atoms with van der Waals surface area (Å²) in [4.78, 5) is 57.2. The third-order valence-corrected chi connectivity index (χ3v) is 12.3. The molecule has 12 nitrogen and oxygen atoms in total. The summed E-state index contributed by atoms with van der Waals surface area (Å²) in [7, 11) is 1.77. The lowest BCUT2D eigenvalue weighted by atomic mass is 9.91. The van der Waals surface area contributed by atoms with Gasteiger partial charge in [-0.1, -0.05) is 97.9 Å². The predicted molar refractivity (Wildman–Crippen MR) is 256 cm³/mol. The lowest BCUT2D eigenvalue weighted by molar-refractivity contribution is -0.120. The van der Waals surface area contributed by atoms with E-state index in [0.29, 0.717) is 73.3 Å². The summed E-state index contributed by atoms with van der Waals surface area (Å²) in [6.07, 6.45) is 3.48. The van der Waals surface area contributed by atoms with Crippen LogP contribution in [0, 0.1) is 5.92 Å². The number of aromatic amines is 1. The zero-order chi connectivity index (χ0) is 45.7. The molecule has 5 aromatic carbocycles. The first kappa shape index (κ1) is 46.2. The molecule has 0 aliphatic carbocycles. The van der Waals surface area contributed by atoms with Crippen LogP contribution in [-0.2, 0) is 33.6 Å². The van der Waals surface area contributed by atoms with Crippen molar-refractivity contribution in [2.45, 2.75) is 70.5 Å². The Morgan fingerprint density at radius 3 is 2.37 bits per heavy atom. The number of phenolic OH excluding ortho intramolecular Hbond substituents is 1. The Morgan fingerprint density at radius 1 is 0.846 bits per heavy atom. The third kappa shape index (κ3) is 12.9. The average molecular weight is 878 g/mol. The van der Waals surface area contributed by atoms with Gasteiger partial charge in [-0.3, -0.25) is 19.7 Å². The monoisotopic (exact) mass is 877 g/mol. The van der Waals surface area contributed by atoms with Gasteiger partial charge in [0.2, 0.25) is 17.4 Å². The molecule has 1 saturated heterocycles. The summed E-state index contributed by atoms with van der Waals surface area (Å²) in [5.41, 5.74) is 7.31. The number of aliphatic hydroxyl groups is 1. The summed E-state index contributed by atoms with van der Waals surface area (Å²) in [5, 5.41) is 27.8. The first-order chi connectivity index (χ1) is 31.5. The fourth-order valence-corrected chi connectivity index (χ4v) is 8.56. The number of ether oxygens (including phenoxy) is 1. The fraction of sp³-hybridized carbons (Fsp3) is 0.321. The standard InChI is InChI=1S/C53H59N5O7/c1-36(15-22-47(59)44-20-23-48(60)52-45(44)21-24-49(61)56-52)33-39-10-8-9-37(34-39)25-29-54-50(62)35-38-16-18-41(19-17-38)57(2)51(63)28-32-58-30-26-42(27-31-58)65-53(64)55-46-14-7-6-13-43(46)40-11-4-3-5-12-40/h3-14,16-21,23-24,34,36,42,47,59-60H,15,22,25-33,35H2,1-2H3,(H,54,62)(H,55,64)(H,56,61)/t36-,47+/m1/s1. The van der Waals surface area contributed by atoms with Crippen LogP contribution in [0.4, 0.5) is 16.2 Å². The van der Waals surface area contributed by atoms with E-state index in [1.807, 2.05) is 84.9 Å². The Morgan fingerprint density at radius 2 is 1.58 bits per heavy atom. The average Bonchev–Trinajstić information content (AvgIpc) is 3.31. The Balaban J connectivity index is 0.775. The number of aliphatic hydroxyl groups excluding tert-OH is 1. The summed E-state index contributed by atoms with van der Waals surface area (Å²) in [5.74, 6) is 0.215. The molecule has 2 heterocycles. The van der Waals surface area contributed by atoms with Crippen LogP contribution in [0.2, 0.25) is 0 Å². The van der Waals surface area contributed by atoms with Gasteiger partial charge in [0, 0.05) is 62.4 Å². The van der Waals surface area contributed by atoms with Crippen LogP contribution >= 0.6 is 0 Å². The second-order valence-corrected chi connectivity index (χ2v) is 17.1. The first-order valence-corrected chi connectivity index (χ1v) is 22.6. The number of H-pyrrole nitrogens is 1. The van der Waals surface area contributed by atoms with Gasteiger partial charge in [-0.25, -0.2) is 4.79 Å². The molecule has 1 aliphatic rings. The molecule has 5 N–H and O–H groups in total. The number of piperidine rings is 1. The number of pyridine rings is 1. The maximum Gasteiger partial charge on any atom is 0.411 e. The molecule has 0 spiro atoms. The predicted octanol–water partition coefficient (Wildman–Crippen LogP) is 8.56. The number of para-hydroxylation sites is 1. The molecule has 65 heavy (non-hydrogen) atoms. The highest BCUT2D eigenvalue weighted by molar-refractivity contribution is 5.93. The molecule has 338 valence electrons. The van der Waals surface area contributed by atoms with Crippen molar-refractivity contribution >= 4 is 40.2 Å². The number of benzene rings is 5. The van der Waals surface area contributed by atoms with Crippen molar-refractivity contribution < 1.29 is 29.3 Å². The highest BCUT2D eigenvalue weighted by Crippen LogP contribution is 2.32. The number of phenols is 1. The summed E-state index contributed by atoms with van der Waals surface area (Å²) >= 11 is 0. The van der Waals surface area contributed by atoms with Gasteiger partial charge < -0.3 is 35.1 Å². The molecule has 0 saturated carbocycles. The third-order valence-electron chi connectivity index (χ3n) is 12.3. The SMILES string of the molecule is C[C@H](CC[C@H](O)c1ccc(O)c2[nH]c(=O)ccc12)Cc1cccc(CCNC(=O)Cc2ccc(N(C)C(=O)CCN3CCC(OC(=O)Nc4ccccc4-c4ccccc4)CC3)cc2)c1. The van der Waals surface area contributed by atoms with Crippen LogP contribution in [0.15, 0.2) is 132 Å². The molecular weight excluding hydrogens is 819 g/mol. The Kier molecular flexibility index (Phi) is 15.8. The molecule has 0 unspecified atom stereocenters. The number of carbonyl (C=O) groups excluding carboxylic acids is 3. The van der Waals surface area contributed by atoms with Gasteiger partial charge in [0.25, 0.3) is 0 Å². The molecule has 2 atom stereocenters. The summed E-state index contributed by atoms with van der Waals surface area (Å²) in [6, 6.07) is 39.7. The lowest BCUT2D eigenvalue weighted by Crippen LogP contribution is -2.40. The lowest BCUT2D eigenvalue weighted by Gasteiger charge is -2.31. The second-order valence-electron chi connectivity index (χ2n) is 17.1. The molecule has 1 fully saturated rings. The molecular formula is C53H59N5O7. The number of aromatic nitrogens is 1. The van der Waals surface area contributed by atoms with Crippen molar-refractivity contribution in [2.24, 2.45) is 5.92 Å². The number of amides is 3. The van der Waals surface area contributed by atoms with E-state index in [9.17, 15) is 29.4 Å². The molecule has 6 aromatic rings. The number of rotatable bonds is 18. The number of hydrogen-bond donors (Lipinski definition) is 5. The number of nitrogens with one attached hydrogen (secondary N) is 3. The van der Waals surface area contributed by atoms with Crippen molar-refractivity contribution in [1.29, 1.82) is 0 Å². The Labute approximate surface area is 380 Å². The van der Waals surface area contributed by atoms with Gasteiger partial charge in [0.15, 0.2) is 0 Å². The van der Waals surface area contributed by atoms with Crippen molar-refractivity contribution in [3.63, 3.8) is 0 Å². The fourth-order valence-electron chi connectivity index (χ4n) is 8.56. The number of carbonyl (C=O) groups is 3. The zero-order valence-electron chi connectivity index (χ0n) is 37.2. The number of fused-ring (bicyclic) bond motifs is 1. The van der Waals surface area contributed by atoms with E-state index in [1.54, 1.807) is 24.1 Å². The molecule has 12 heteroatoms. The molecule has 3 amide bonds. The number of nitrogens with zero attached hydrogens (tertiary/aromatic N) is 2. The smallest absolute Gasteiger partial charge is 0.411 e. The van der Waals surface area contributed by atoms with Crippen LogP contribution < -0.4 is 21.1 Å². The maximum atomic E-state index is 13.2. The van der Waals surface area contributed by atoms with E-state index in [-0.39, 0.29) is 35.6 Å². The molecule has 7 rings (SSSR count). The van der Waals surface area contributed by atoms with E-state index in [0.717, 1.165) is 53.9 Å². The number of hydrogen-bond acceptors (Lipinski definition) is 8. The minimum absolute atomic E-state index is 0.00230. The van der Waals surface area contributed by atoms with Gasteiger partial charge >= 0.3 is 6.09 Å². The maximum absolute atomic E-state index is 13.2. The van der Waals surface area contributed by atoms with Crippen LogP contribution in [-0.4, -0.2) is 77.3 Å². The Hall–Kier alpha value is -6.76. The number of likely N-dealkylation sites (tertiary alicyclic amines) is 1. The van der Waals surface area contributed by atoms with E-state index < -0.39 is 12.2 Å². The van der Waals surface area contributed by atoms with Crippen LogP contribution in [0.3, 0.4) is 0 Å². The number of anilines is 2. The summed E-state index contributed by atoms with van der Waals surface area (Å²) < 4.78 is 5.78. The van der Waals surface area contributed by atoms with Gasteiger partial charge in [-0.2, -0.15) is 0 Å². The Bertz CT molecular complexity index is 2610. The number of aromatic hydroxyl groups is 1. The van der Waals surface area contributed by atoms with Crippen molar-refractivity contribution in [1.82, 2.24) is 15.2 Å². The zero-order valence-corrected chi connectivity index (χ0v) is 37.2.